The van der Waals surface area contributed by atoms with Crippen LogP contribution in [-0.2, 0) is 11.2 Å². The molecule has 126 valence electrons. The van der Waals surface area contributed by atoms with E-state index in [-0.39, 0.29) is 0 Å². The van der Waals surface area contributed by atoms with Gasteiger partial charge in [-0.3, -0.25) is 0 Å². The van der Waals surface area contributed by atoms with E-state index in [1.54, 1.807) is 0 Å². The maximum Gasteiger partial charge on any atom is 0.123 e. The predicted octanol–water partition coefficient (Wildman–Crippen LogP) is 6.08. The highest BCUT2D eigenvalue weighted by molar-refractivity contribution is 6.30. The lowest BCUT2D eigenvalue weighted by Crippen LogP contribution is -2.26. The summed E-state index contributed by atoms with van der Waals surface area (Å²) in [6.45, 7) is 0. The molecule has 23 heavy (non-hydrogen) atoms. The summed E-state index contributed by atoms with van der Waals surface area (Å²) in [6.07, 6.45) is 14.2. The van der Waals surface area contributed by atoms with E-state index in [4.69, 9.17) is 11.6 Å². The van der Waals surface area contributed by atoms with Gasteiger partial charge in [-0.1, -0.05) is 36.6 Å². The number of carbonyl (C=O) groups is 1. The molecule has 1 nitrogen and oxygen atoms in total. The number of rotatable bonds is 5. The lowest BCUT2D eigenvalue weighted by Gasteiger charge is -2.37. The summed E-state index contributed by atoms with van der Waals surface area (Å²) in [6, 6.07) is 8.34. The molecule has 2 aliphatic carbocycles. The van der Waals surface area contributed by atoms with Crippen LogP contribution in [0.25, 0.3) is 0 Å². The maximum atomic E-state index is 10.9. The molecule has 0 aromatic heterocycles. The summed E-state index contributed by atoms with van der Waals surface area (Å²) in [7, 11) is 0. The second-order valence-electron chi connectivity index (χ2n) is 7.76. The molecule has 0 amide bonds. The number of benzene rings is 1. The van der Waals surface area contributed by atoms with E-state index >= 15 is 0 Å². The molecule has 0 saturated heterocycles. The number of aryl methyl sites for hydroxylation is 1. The van der Waals surface area contributed by atoms with Gasteiger partial charge in [0.1, 0.15) is 6.29 Å². The molecule has 1 aromatic carbocycles. The molecule has 3 rings (SSSR count). The van der Waals surface area contributed by atoms with E-state index in [0.717, 1.165) is 35.6 Å². The van der Waals surface area contributed by atoms with Gasteiger partial charge >= 0.3 is 0 Å². The number of halogens is 1. The number of carbonyl (C=O) groups excluding carboxylic acids is 1. The quantitative estimate of drug-likeness (QED) is 0.597. The largest absolute Gasteiger partial charge is 0.303 e. The zero-order chi connectivity index (χ0) is 16.1. The van der Waals surface area contributed by atoms with Gasteiger partial charge in [0.25, 0.3) is 0 Å². The summed E-state index contributed by atoms with van der Waals surface area (Å²) < 4.78 is 0. The highest BCUT2D eigenvalue weighted by Crippen LogP contribution is 2.41. The van der Waals surface area contributed by atoms with Gasteiger partial charge < -0.3 is 4.79 Å². The van der Waals surface area contributed by atoms with Crippen molar-refractivity contribution >= 4 is 17.9 Å². The molecule has 0 bridgehead atoms. The van der Waals surface area contributed by atoms with Crippen molar-refractivity contribution in [2.45, 2.75) is 64.2 Å². The Balaban J connectivity index is 1.38. The van der Waals surface area contributed by atoms with Crippen molar-refractivity contribution in [3.8, 4) is 0 Å². The molecule has 0 N–H and O–H groups in total. The molecule has 0 spiro atoms. The van der Waals surface area contributed by atoms with E-state index in [0.29, 0.717) is 5.92 Å². The van der Waals surface area contributed by atoms with E-state index in [1.165, 1.54) is 63.2 Å². The van der Waals surface area contributed by atoms with Crippen molar-refractivity contribution < 1.29 is 4.79 Å². The van der Waals surface area contributed by atoms with E-state index in [2.05, 4.69) is 12.1 Å². The average Bonchev–Trinajstić information content (AvgIpc) is 2.62. The van der Waals surface area contributed by atoms with Crippen LogP contribution in [0.2, 0.25) is 5.02 Å². The third-order valence-electron chi connectivity index (χ3n) is 6.32. The molecule has 1 aromatic rings. The van der Waals surface area contributed by atoms with Crippen LogP contribution in [-0.4, -0.2) is 6.29 Å². The van der Waals surface area contributed by atoms with Gasteiger partial charge in [-0.2, -0.15) is 0 Å². The Kier molecular flexibility index (Phi) is 6.16. The van der Waals surface area contributed by atoms with Crippen molar-refractivity contribution in [1.82, 2.24) is 0 Å². The number of aldehydes is 1. The second-order valence-corrected chi connectivity index (χ2v) is 8.19. The average molecular weight is 333 g/mol. The Bertz CT molecular complexity index is 479. The first-order valence-electron chi connectivity index (χ1n) is 9.44. The fourth-order valence-corrected chi connectivity index (χ4v) is 4.85. The van der Waals surface area contributed by atoms with Crippen LogP contribution in [0.4, 0.5) is 0 Å². The van der Waals surface area contributed by atoms with Crippen molar-refractivity contribution in [2.24, 2.45) is 23.7 Å². The van der Waals surface area contributed by atoms with Gasteiger partial charge in [0.15, 0.2) is 0 Å². The monoisotopic (exact) mass is 332 g/mol. The van der Waals surface area contributed by atoms with Gasteiger partial charge in [0.05, 0.1) is 0 Å². The number of hydrogen-bond acceptors (Lipinski definition) is 1. The van der Waals surface area contributed by atoms with E-state index < -0.39 is 0 Å². The lowest BCUT2D eigenvalue weighted by atomic mass is 9.69. The van der Waals surface area contributed by atoms with Crippen LogP contribution in [0, 0.1) is 23.7 Å². The SMILES string of the molecule is O=CC1CCC(C2CCC(CCc3ccc(Cl)cc3)CC2)CC1. The Hall–Kier alpha value is -0.820. The molecule has 0 aliphatic heterocycles. The van der Waals surface area contributed by atoms with Crippen LogP contribution < -0.4 is 0 Å². The predicted molar refractivity (Wildman–Crippen MR) is 96.7 cm³/mol. The van der Waals surface area contributed by atoms with Gasteiger partial charge in [0.2, 0.25) is 0 Å². The standard InChI is InChI=1S/C21H29ClO/c22-21-13-7-17(8-14-21)2-1-16-3-9-19(10-4-16)20-11-5-18(15-23)6-12-20/h7-8,13-16,18-20H,1-6,9-12H2. The van der Waals surface area contributed by atoms with Crippen LogP contribution >= 0.6 is 11.6 Å². The minimum Gasteiger partial charge on any atom is -0.303 e. The molecule has 2 aliphatic rings. The minimum atomic E-state index is 0.363. The molecule has 0 heterocycles. The van der Waals surface area contributed by atoms with Gasteiger partial charge in [-0.25, -0.2) is 0 Å². The topological polar surface area (TPSA) is 17.1 Å². The summed E-state index contributed by atoms with van der Waals surface area (Å²) >= 11 is 5.95. The smallest absolute Gasteiger partial charge is 0.123 e. The fourth-order valence-electron chi connectivity index (χ4n) is 4.72. The van der Waals surface area contributed by atoms with Crippen molar-refractivity contribution in [3.05, 3.63) is 34.9 Å². The first-order chi connectivity index (χ1) is 11.2. The summed E-state index contributed by atoms with van der Waals surface area (Å²) in [4.78, 5) is 10.9. The Morgan fingerprint density at radius 3 is 2.00 bits per heavy atom. The third kappa shape index (κ3) is 4.83. The zero-order valence-electron chi connectivity index (χ0n) is 14.1. The van der Waals surface area contributed by atoms with Gasteiger partial charge in [0, 0.05) is 10.9 Å². The van der Waals surface area contributed by atoms with Crippen molar-refractivity contribution in [2.75, 3.05) is 0 Å². The Morgan fingerprint density at radius 1 is 0.870 bits per heavy atom. The molecule has 2 fully saturated rings. The van der Waals surface area contributed by atoms with Crippen LogP contribution in [0.3, 0.4) is 0 Å². The first kappa shape index (κ1) is 17.0. The van der Waals surface area contributed by atoms with E-state index in [1.807, 2.05) is 12.1 Å². The Morgan fingerprint density at radius 2 is 1.43 bits per heavy atom. The third-order valence-corrected chi connectivity index (χ3v) is 6.57. The maximum absolute atomic E-state index is 10.9. The van der Waals surface area contributed by atoms with Crippen LogP contribution in [0.15, 0.2) is 24.3 Å². The first-order valence-corrected chi connectivity index (χ1v) is 9.82. The van der Waals surface area contributed by atoms with Crippen molar-refractivity contribution in [3.63, 3.8) is 0 Å². The van der Waals surface area contributed by atoms with E-state index in [9.17, 15) is 4.79 Å². The summed E-state index contributed by atoms with van der Waals surface area (Å²) in [5.74, 6) is 3.12. The summed E-state index contributed by atoms with van der Waals surface area (Å²) in [5.41, 5.74) is 1.42. The van der Waals surface area contributed by atoms with Crippen LogP contribution in [0.5, 0.6) is 0 Å². The number of hydrogen-bond donors (Lipinski definition) is 0. The minimum absolute atomic E-state index is 0.363. The second kappa shape index (κ2) is 8.33. The van der Waals surface area contributed by atoms with Gasteiger partial charge in [-0.15, -0.1) is 0 Å². The lowest BCUT2D eigenvalue weighted by molar-refractivity contribution is -0.112. The summed E-state index contributed by atoms with van der Waals surface area (Å²) in [5, 5.41) is 0.832. The molecule has 2 heteroatoms. The zero-order valence-corrected chi connectivity index (χ0v) is 14.8. The molecule has 0 unspecified atom stereocenters. The highest BCUT2D eigenvalue weighted by atomic mass is 35.5. The normalized spacial score (nSPS) is 31.7. The fraction of sp³-hybridized carbons (Fsp3) is 0.667. The molecule has 0 atom stereocenters. The molecule has 2 saturated carbocycles. The molecular weight excluding hydrogens is 304 g/mol. The van der Waals surface area contributed by atoms with Crippen LogP contribution in [0.1, 0.15) is 63.4 Å². The Labute approximate surface area is 145 Å². The molecule has 0 radical (unpaired) electrons. The highest BCUT2D eigenvalue weighted by Gasteiger charge is 2.30. The van der Waals surface area contributed by atoms with Gasteiger partial charge in [-0.05, 0) is 86.8 Å². The van der Waals surface area contributed by atoms with Crippen molar-refractivity contribution in [1.29, 1.82) is 0 Å². The molecular formula is C21H29ClO.